The van der Waals surface area contributed by atoms with Crippen molar-refractivity contribution in [3.8, 4) is 0 Å². The van der Waals surface area contributed by atoms with Crippen molar-refractivity contribution in [3.63, 3.8) is 0 Å². The molecular weight excluding hydrogens is 271 g/mol. The van der Waals surface area contributed by atoms with Crippen LogP contribution in [0.2, 0.25) is 0 Å². The summed E-state index contributed by atoms with van der Waals surface area (Å²) in [6.45, 7) is -0.664. The molecule has 0 aromatic carbocycles. The van der Waals surface area contributed by atoms with Gasteiger partial charge in [-0.05, 0) is 0 Å². The monoisotopic (exact) mass is 283 g/mol. The minimum absolute atomic E-state index is 0. The van der Waals surface area contributed by atoms with Gasteiger partial charge in [-0.3, -0.25) is 0 Å². The number of aliphatic hydroxyl groups is 4. The summed E-state index contributed by atoms with van der Waals surface area (Å²) in [5.41, 5.74) is 0. The first-order valence-corrected chi connectivity index (χ1v) is 5.04. The fraction of sp³-hybridized carbons (Fsp3) is 1.00. The van der Waals surface area contributed by atoms with Crippen LogP contribution in [0.3, 0.4) is 0 Å². The Balaban J connectivity index is 0. The van der Waals surface area contributed by atoms with E-state index < -0.39 is 48.3 Å². The SMILES string of the molecule is O=[S-](=O)O[C@H]1C(CO)O[C@@H](O)C(O)[C@@H]1O.[Na+].[OH-]. The van der Waals surface area contributed by atoms with Gasteiger partial charge in [-0.25, -0.2) is 0 Å². The molecule has 1 aliphatic heterocycles. The Morgan fingerprint density at radius 2 is 1.71 bits per heavy atom. The second-order valence-corrected chi connectivity index (χ2v) is 3.59. The molecule has 0 aromatic rings. The van der Waals surface area contributed by atoms with Crippen LogP contribution in [0, 0.1) is 0 Å². The van der Waals surface area contributed by atoms with Crippen molar-refractivity contribution >= 4 is 11.0 Å². The zero-order valence-corrected chi connectivity index (χ0v) is 11.7. The minimum Gasteiger partial charge on any atom is -0.870 e. The van der Waals surface area contributed by atoms with E-state index in [2.05, 4.69) is 8.92 Å². The van der Waals surface area contributed by atoms with Gasteiger partial charge in [0.1, 0.15) is 18.3 Å². The second kappa shape index (κ2) is 8.72. The first-order valence-electron chi connectivity index (χ1n) is 4.04. The first-order chi connectivity index (χ1) is 6.97. The maximum absolute atomic E-state index is 10.2. The van der Waals surface area contributed by atoms with Crippen molar-refractivity contribution in [1.82, 2.24) is 0 Å². The van der Waals surface area contributed by atoms with Crippen LogP contribution in [0.4, 0.5) is 0 Å². The predicted molar refractivity (Wildman–Crippen MR) is 45.5 cm³/mol. The smallest absolute Gasteiger partial charge is 0.870 e. The average Bonchev–Trinajstić information content (AvgIpc) is 2.18. The molecule has 98 valence electrons. The van der Waals surface area contributed by atoms with Gasteiger partial charge < -0.3 is 43.2 Å². The van der Waals surface area contributed by atoms with Gasteiger partial charge in [0.2, 0.25) is 0 Å². The van der Waals surface area contributed by atoms with E-state index >= 15 is 0 Å². The topological polar surface area (TPSA) is 164 Å². The molecule has 1 rings (SSSR count). The molecule has 0 aliphatic carbocycles. The van der Waals surface area contributed by atoms with Gasteiger partial charge in [0, 0.05) is 0 Å². The van der Waals surface area contributed by atoms with Crippen molar-refractivity contribution < 1.29 is 72.8 Å². The molecule has 2 unspecified atom stereocenters. The van der Waals surface area contributed by atoms with E-state index in [1.165, 1.54) is 0 Å². The quantitative estimate of drug-likeness (QED) is 0.291. The zero-order chi connectivity index (χ0) is 11.6. The molecule has 0 radical (unpaired) electrons. The summed E-state index contributed by atoms with van der Waals surface area (Å²) >= 11 is 0. The van der Waals surface area contributed by atoms with Crippen molar-refractivity contribution in [2.75, 3.05) is 6.61 Å². The Kier molecular flexibility index (Phi) is 10.3. The zero-order valence-electron chi connectivity index (χ0n) is 8.87. The molecule has 17 heavy (non-hydrogen) atoms. The summed E-state index contributed by atoms with van der Waals surface area (Å²) in [6.07, 6.45) is -7.73. The Morgan fingerprint density at radius 1 is 1.18 bits per heavy atom. The summed E-state index contributed by atoms with van der Waals surface area (Å²) < 4.78 is 29.4. The standard InChI is InChI=1S/C6H11O8S.Na.H2O/c7-1-2-5(14-15(11)12)3(8)4(9)6(10)13-2;;/h2-10H,1H2;;1H2/q-1;+1;/p-1/t2?,3-,4?,5-,6+;;/m0../s1. The maximum atomic E-state index is 10.2. The van der Waals surface area contributed by atoms with Crippen molar-refractivity contribution in [1.29, 1.82) is 0 Å². The van der Waals surface area contributed by atoms with Gasteiger partial charge >= 0.3 is 29.6 Å². The summed E-state index contributed by atoms with van der Waals surface area (Å²) in [7, 11) is -2.93. The molecule has 1 fully saturated rings. The van der Waals surface area contributed by atoms with Crippen molar-refractivity contribution in [2.45, 2.75) is 30.7 Å². The average molecular weight is 283 g/mol. The molecule has 5 N–H and O–H groups in total. The van der Waals surface area contributed by atoms with Crippen LogP contribution in [0.25, 0.3) is 0 Å². The van der Waals surface area contributed by atoms with Crippen LogP contribution in [0.15, 0.2) is 0 Å². The van der Waals surface area contributed by atoms with Crippen LogP contribution in [0.5, 0.6) is 0 Å². The molecule has 11 heteroatoms. The summed E-state index contributed by atoms with van der Waals surface area (Å²) in [5, 5.41) is 36.3. The van der Waals surface area contributed by atoms with Gasteiger partial charge in [0.15, 0.2) is 6.29 Å². The van der Waals surface area contributed by atoms with E-state index in [-0.39, 0.29) is 35.0 Å². The van der Waals surface area contributed by atoms with E-state index in [4.69, 9.17) is 15.3 Å². The molecule has 9 nitrogen and oxygen atoms in total. The van der Waals surface area contributed by atoms with Gasteiger partial charge in [0.25, 0.3) is 0 Å². The maximum Gasteiger partial charge on any atom is 1.00 e. The Bertz CT molecular complexity index is 275. The number of hydrogen-bond acceptors (Lipinski definition) is 10. The van der Waals surface area contributed by atoms with Crippen LogP contribution in [0.1, 0.15) is 0 Å². The molecule has 0 bridgehead atoms. The molecule has 1 heterocycles. The number of ether oxygens (including phenoxy) is 1. The minimum atomic E-state index is -2.93. The third-order valence-electron chi connectivity index (χ3n) is 2.03. The number of aliphatic hydroxyl groups excluding tert-OH is 4. The van der Waals surface area contributed by atoms with Crippen LogP contribution in [-0.2, 0) is 28.3 Å². The van der Waals surface area contributed by atoms with E-state index in [1.54, 1.807) is 0 Å². The largest absolute Gasteiger partial charge is 1.00 e. The Morgan fingerprint density at radius 3 is 2.12 bits per heavy atom. The van der Waals surface area contributed by atoms with E-state index in [9.17, 15) is 13.5 Å². The van der Waals surface area contributed by atoms with E-state index in [0.717, 1.165) is 0 Å². The molecule has 0 amide bonds. The Hall–Kier alpha value is 0.670. The van der Waals surface area contributed by atoms with Crippen LogP contribution >= 0.6 is 0 Å². The molecule has 1 saturated heterocycles. The Labute approximate surface area is 121 Å². The van der Waals surface area contributed by atoms with E-state index in [1.807, 2.05) is 0 Å². The van der Waals surface area contributed by atoms with Gasteiger partial charge in [-0.1, -0.05) is 0 Å². The van der Waals surface area contributed by atoms with Gasteiger partial charge in [0.05, 0.1) is 23.7 Å². The fourth-order valence-electron chi connectivity index (χ4n) is 1.28. The molecule has 0 saturated carbocycles. The fourth-order valence-corrected chi connectivity index (χ4v) is 1.70. The molecular formula is C6H12NaO9S-. The molecule has 0 spiro atoms. The molecule has 1 aliphatic rings. The van der Waals surface area contributed by atoms with Gasteiger partial charge in [-0.15, -0.1) is 0 Å². The molecule has 5 atom stereocenters. The number of hydrogen-bond donors (Lipinski definition) is 4. The first kappa shape index (κ1) is 20.0. The summed E-state index contributed by atoms with van der Waals surface area (Å²) in [6, 6.07) is 0. The summed E-state index contributed by atoms with van der Waals surface area (Å²) in [5.74, 6) is 0. The van der Waals surface area contributed by atoms with Crippen molar-refractivity contribution in [3.05, 3.63) is 0 Å². The third-order valence-corrected chi connectivity index (χ3v) is 2.41. The van der Waals surface area contributed by atoms with Gasteiger partial charge in [-0.2, -0.15) is 0 Å². The van der Waals surface area contributed by atoms with Crippen LogP contribution in [-0.4, -0.2) is 63.2 Å². The second-order valence-electron chi connectivity index (χ2n) is 2.99. The molecule has 0 aromatic heterocycles. The van der Waals surface area contributed by atoms with E-state index in [0.29, 0.717) is 0 Å². The third kappa shape index (κ3) is 5.04. The normalized spacial score (nSPS) is 37.1. The summed E-state index contributed by atoms with van der Waals surface area (Å²) in [4.78, 5) is 0. The van der Waals surface area contributed by atoms with Crippen LogP contribution < -0.4 is 29.6 Å². The van der Waals surface area contributed by atoms with Crippen molar-refractivity contribution in [2.24, 2.45) is 0 Å². The predicted octanol–water partition coefficient (Wildman–Crippen LogP) is -6.15. The number of rotatable bonds is 3.